The minimum Gasteiger partial charge on any atom is -0.355 e. The molecule has 0 saturated carbocycles. The van der Waals surface area contributed by atoms with Crippen LogP contribution >= 0.6 is 11.3 Å². The van der Waals surface area contributed by atoms with Crippen LogP contribution in [-0.4, -0.2) is 17.4 Å². The Bertz CT molecular complexity index is 630. The molecule has 1 aromatic heterocycles. The second-order valence-electron chi connectivity index (χ2n) is 4.77. The number of nitrogens with one attached hydrogen (secondary N) is 1. The van der Waals surface area contributed by atoms with Gasteiger partial charge in [-0.1, -0.05) is 30.3 Å². The predicted molar refractivity (Wildman–Crippen MR) is 82.8 cm³/mol. The maximum atomic E-state index is 12.0. The van der Waals surface area contributed by atoms with E-state index in [0.717, 1.165) is 16.3 Å². The minimum atomic E-state index is -0.649. The molecule has 0 spiro atoms. The Morgan fingerprint density at radius 2 is 2.19 bits per heavy atom. The molecule has 1 N–H and O–H groups in total. The number of rotatable bonds is 6. The van der Waals surface area contributed by atoms with E-state index >= 15 is 0 Å². The molecule has 4 nitrogen and oxygen atoms in total. The van der Waals surface area contributed by atoms with Crippen LogP contribution in [0.2, 0.25) is 0 Å². The first kappa shape index (κ1) is 15.2. The summed E-state index contributed by atoms with van der Waals surface area (Å²) < 4.78 is 0. The molecule has 108 valence electrons. The lowest BCUT2D eigenvalue weighted by atomic mass is 10.00. The summed E-state index contributed by atoms with van der Waals surface area (Å²) >= 11 is 1.60. The van der Waals surface area contributed by atoms with Crippen molar-refractivity contribution in [2.75, 3.05) is 6.54 Å². The van der Waals surface area contributed by atoms with Crippen LogP contribution in [0.5, 0.6) is 0 Å². The molecule has 0 aliphatic carbocycles. The van der Waals surface area contributed by atoms with Gasteiger partial charge in [0.25, 0.3) is 0 Å². The van der Waals surface area contributed by atoms with Crippen molar-refractivity contribution in [2.45, 2.75) is 19.8 Å². The fourth-order valence-electron chi connectivity index (χ4n) is 2.01. The van der Waals surface area contributed by atoms with Crippen LogP contribution in [0.3, 0.4) is 0 Å². The molecular weight excluding hydrogens is 282 g/mol. The predicted octanol–water partition coefficient (Wildman–Crippen LogP) is 2.49. The van der Waals surface area contributed by atoms with Crippen molar-refractivity contribution in [3.63, 3.8) is 0 Å². The second kappa shape index (κ2) is 7.55. The van der Waals surface area contributed by atoms with Gasteiger partial charge in [-0.05, 0) is 18.9 Å². The summed E-state index contributed by atoms with van der Waals surface area (Å²) in [5, 5.41) is 15.0. The molecule has 1 heterocycles. The molecule has 1 atom stereocenters. The number of aryl methyl sites for hydroxylation is 1. The molecule has 1 aromatic carbocycles. The third kappa shape index (κ3) is 4.69. The van der Waals surface area contributed by atoms with Crippen LogP contribution < -0.4 is 5.32 Å². The van der Waals surface area contributed by atoms with E-state index in [4.69, 9.17) is 5.26 Å². The number of carbonyl (C=O) groups is 1. The van der Waals surface area contributed by atoms with Gasteiger partial charge >= 0.3 is 0 Å². The third-order valence-corrected chi connectivity index (χ3v) is 3.92. The molecule has 21 heavy (non-hydrogen) atoms. The minimum absolute atomic E-state index is 0.215. The third-order valence-electron chi connectivity index (χ3n) is 3.10. The molecule has 0 aliphatic heterocycles. The van der Waals surface area contributed by atoms with Gasteiger partial charge in [-0.2, -0.15) is 5.26 Å². The van der Waals surface area contributed by atoms with Gasteiger partial charge in [-0.3, -0.25) is 4.79 Å². The van der Waals surface area contributed by atoms with Gasteiger partial charge in [0.1, 0.15) is 5.92 Å². The highest BCUT2D eigenvalue weighted by molar-refractivity contribution is 7.09. The SMILES string of the molecule is Cc1nc(CCNC(=O)C(C#N)Cc2ccccc2)cs1. The largest absolute Gasteiger partial charge is 0.355 e. The monoisotopic (exact) mass is 299 g/mol. The van der Waals surface area contributed by atoms with Crippen molar-refractivity contribution >= 4 is 17.2 Å². The van der Waals surface area contributed by atoms with Gasteiger partial charge in [0.2, 0.25) is 5.91 Å². The van der Waals surface area contributed by atoms with Crippen LogP contribution in [0.1, 0.15) is 16.3 Å². The summed E-state index contributed by atoms with van der Waals surface area (Å²) in [6.07, 6.45) is 1.14. The number of hydrogen-bond donors (Lipinski definition) is 1. The van der Waals surface area contributed by atoms with E-state index in [-0.39, 0.29) is 5.91 Å². The zero-order valence-electron chi connectivity index (χ0n) is 11.9. The number of benzene rings is 1. The molecule has 5 heteroatoms. The Morgan fingerprint density at radius 1 is 1.43 bits per heavy atom. The Morgan fingerprint density at radius 3 is 2.81 bits per heavy atom. The summed E-state index contributed by atoms with van der Waals surface area (Å²) in [6.45, 7) is 2.47. The molecule has 1 amide bonds. The van der Waals surface area contributed by atoms with Crippen molar-refractivity contribution < 1.29 is 4.79 Å². The number of aromatic nitrogens is 1. The summed E-state index contributed by atoms with van der Waals surface area (Å²) in [6, 6.07) is 11.7. The number of thiazole rings is 1. The van der Waals surface area contributed by atoms with Crippen LogP contribution in [0.4, 0.5) is 0 Å². The van der Waals surface area contributed by atoms with Crippen molar-refractivity contribution in [3.8, 4) is 6.07 Å². The molecule has 1 unspecified atom stereocenters. The van der Waals surface area contributed by atoms with Crippen LogP contribution in [0.25, 0.3) is 0 Å². The maximum absolute atomic E-state index is 12.0. The summed E-state index contributed by atoms with van der Waals surface area (Å²) in [5.74, 6) is -0.863. The fraction of sp³-hybridized carbons (Fsp3) is 0.312. The Hall–Kier alpha value is -2.19. The quantitative estimate of drug-likeness (QED) is 0.891. The highest BCUT2D eigenvalue weighted by Crippen LogP contribution is 2.09. The number of nitriles is 1. The first-order chi connectivity index (χ1) is 10.2. The molecule has 2 aromatic rings. The van der Waals surface area contributed by atoms with E-state index in [2.05, 4.69) is 16.4 Å². The number of hydrogen-bond acceptors (Lipinski definition) is 4. The molecule has 2 rings (SSSR count). The van der Waals surface area contributed by atoms with Crippen molar-refractivity contribution in [3.05, 3.63) is 52.0 Å². The topological polar surface area (TPSA) is 65.8 Å². The lowest BCUT2D eigenvalue weighted by Crippen LogP contribution is -2.32. The van der Waals surface area contributed by atoms with Gasteiger partial charge in [-0.25, -0.2) is 4.98 Å². The fourth-order valence-corrected chi connectivity index (χ4v) is 2.65. The average molecular weight is 299 g/mol. The van der Waals surface area contributed by atoms with Gasteiger partial charge in [0, 0.05) is 18.3 Å². The lowest BCUT2D eigenvalue weighted by molar-refractivity contribution is -0.123. The average Bonchev–Trinajstić information content (AvgIpc) is 2.91. The molecule has 0 radical (unpaired) electrons. The lowest BCUT2D eigenvalue weighted by Gasteiger charge is -2.09. The van der Waals surface area contributed by atoms with Crippen molar-refractivity contribution in [2.24, 2.45) is 5.92 Å². The summed E-state index contributed by atoms with van der Waals surface area (Å²) in [5.41, 5.74) is 1.98. The standard InChI is InChI=1S/C16H17N3OS/c1-12-19-15(11-21-12)7-8-18-16(20)14(10-17)9-13-5-3-2-4-6-13/h2-6,11,14H,7-9H2,1H3,(H,18,20). The number of nitrogens with zero attached hydrogens (tertiary/aromatic N) is 2. The Kier molecular flexibility index (Phi) is 5.47. The molecule has 0 saturated heterocycles. The summed E-state index contributed by atoms with van der Waals surface area (Å²) in [4.78, 5) is 16.4. The smallest absolute Gasteiger partial charge is 0.237 e. The first-order valence-electron chi connectivity index (χ1n) is 6.81. The molecular formula is C16H17N3OS. The van der Waals surface area contributed by atoms with Gasteiger partial charge in [-0.15, -0.1) is 11.3 Å². The van der Waals surface area contributed by atoms with Gasteiger partial charge in [0.05, 0.1) is 16.8 Å². The van der Waals surface area contributed by atoms with Gasteiger partial charge in [0.15, 0.2) is 0 Å². The first-order valence-corrected chi connectivity index (χ1v) is 7.69. The normalized spacial score (nSPS) is 11.6. The Labute approximate surface area is 128 Å². The van der Waals surface area contributed by atoms with Crippen LogP contribution in [-0.2, 0) is 17.6 Å². The zero-order valence-corrected chi connectivity index (χ0v) is 12.7. The van der Waals surface area contributed by atoms with Crippen molar-refractivity contribution in [1.82, 2.24) is 10.3 Å². The van der Waals surface area contributed by atoms with E-state index in [0.29, 0.717) is 19.4 Å². The van der Waals surface area contributed by atoms with Gasteiger partial charge < -0.3 is 5.32 Å². The molecule has 0 aliphatic rings. The van der Waals surface area contributed by atoms with Crippen molar-refractivity contribution in [1.29, 1.82) is 5.26 Å². The van der Waals surface area contributed by atoms with E-state index < -0.39 is 5.92 Å². The Balaban J connectivity index is 1.82. The van der Waals surface area contributed by atoms with Crippen LogP contribution in [0, 0.1) is 24.2 Å². The van der Waals surface area contributed by atoms with E-state index in [9.17, 15) is 4.79 Å². The highest BCUT2D eigenvalue weighted by Gasteiger charge is 2.17. The van der Waals surface area contributed by atoms with E-state index in [1.54, 1.807) is 11.3 Å². The second-order valence-corrected chi connectivity index (χ2v) is 5.83. The number of amides is 1. The highest BCUT2D eigenvalue weighted by atomic mass is 32.1. The summed E-state index contributed by atoms with van der Waals surface area (Å²) in [7, 11) is 0. The molecule has 0 bridgehead atoms. The van der Waals surface area contributed by atoms with E-state index in [1.165, 1.54) is 0 Å². The maximum Gasteiger partial charge on any atom is 0.237 e. The number of carbonyl (C=O) groups excluding carboxylic acids is 1. The zero-order chi connectivity index (χ0) is 15.1. The molecule has 0 fully saturated rings. The van der Waals surface area contributed by atoms with E-state index in [1.807, 2.05) is 42.6 Å². The van der Waals surface area contributed by atoms with Crippen LogP contribution in [0.15, 0.2) is 35.7 Å².